The summed E-state index contributed by atoms with van der Waals surface area (Å²) in [5, 5.41) is 2.36. The van der Waals surface area contributed by atoms with E-state index in [9.17, 15) is 0 Å². The van der Waals surface area contributed by atoms with Crippen molar-refractivity contribution in [1.29, 1.82) is 0 Å². The zero-order valence-electron chi connectivity index (χ0n) is 13.6. The highest BCUT2D eigenvalue weighted by atomic mass is 16.3. The van der Waals surface area contributed by atoms with E-state index < -0.39 is 0 Å². The van der Waals surface area contributed by atoms with Crippen LogP contribution < -0.4 is 0 Å². The lowest BCUT2D eigenvalue weighted by molar-refractivity contribution is 0.669. The number of furan rings is 1. The van der Waals surface area contributed by atoms with Crippen LogP contribution in [0.1, 0.15) is 30.9 Å². The van der Waals surface area contributed by atoms with Gasteiger partial charge in [0.15, 0.2) is 0 Å². The zero-order valence-corrected chi connectivity index (χ0v) is 13.6. The van der Waals surface area contributed by atoms with Gasteiger partial charge >= 0.3 is 0 Å². The van der Waals surface area contributed by atoms with Crippen LogP contribution in [0.15, 0.2) is 59.1 Å². The van der Waals surface area contributed by atoms with Crippen LogP contribution in [0.2, 0.25) is 0 Å². The summed E-state index contributed by atoms with van der Waals surface area (Å²) in [6.07, 6.45) is 1.89. The highest BCUT2D eigenvalue weighted by Gasteiger charge is 2.15. The fourth-order valence-corrected chi connectivity index (χ4v) is 3.15. The van der Waals surface area contributed by atoms with Gasteiger partial charge in [-0.15, -0.1) is 0 Å². The molecule has 0 bridgehead atoms. The number of fused-ring (bicyclic) bond motifs is 3. The standard InChI is InChI=1S/C21H19NO/c1-13(2)15-10-11-22-18(12-15)16-9-8-14(3)20-17-6-4-5-7-19(17)23-21(16)20/h4-13H,1-3H3. The van der Waals surface area contributed by atoms with Crippen molar-refractivity contribution in [3.8, 4) is 11.3 Å². The second-order valence-corrected chi connectivity index (χ2v) is 6.36. The molecule has 0 saturated carbocycles. The molecule has 2 heteroatoms. The van der Waals surface area contributed by atoms with Crippen molar-refractivity contribution >= 4 is 21.9 Å². The van der Waals surface area contributed by atoms with E-state index in [4.69, 9.17) is 4.42 Å². The summed E-state index contributed by atoms with van der Waals surface area (Å²) in [6, 6.07) is 16.7. The van der Waals surface area contributed by atoms with E-state index >= 15 is 0 Å². The molecule has 23 heavy (non-hydrogen) atoms. The summed E-state index contributed by atoms with van der Waals surface area (Å²) in [6.45, 7) is 6.53. The maximum absolute atomic E-state index is 6.18. The minimum Gasteiger partial charge on any atom is -0.455 e. The van der Waals surface area contributed by atoms with E-state index in [-0.39, 0.29) is 0 Å². The molecule has 0 radical (unpaired) electrons. The van der Waals surface area contributed by atoms with Crippen molar-refractivity contribution in [2.75, 3.05) is 0 Å². The molecule has 2 nitrogen and oxygen atoms in total. The molecule has 4 rings (SSSR count). The van der Waals surface area contributed by atoms with Gasteiger partial charge in [0.2, 0.25) is 0 Å². The van der Waals surface area contributed by atoms with Crippen molar-refractivity contribution < 1.29 is 4.42 Å². The molecule has 0 spiro atoms. The number of nitrogens with zero attached hydrogens (tertiary/aromatic N) is 1. The summed E-state index contributed by atoms with van der Waals surface area (Å²) < 4.78 is 6.18. The Morgan fingerprint density at radius 1 is 1.00 bits per heavy atom. The monoisotopic (exact) mass is 301 g/mol. The molecule has 0 fully saturated rings. The largest absolute Gasteiger partial charge is 0.455 e. The molecule has 0 N–H and O–H groups in total. The van der Waals surface area contributed by atoms with Crippen LogP contribution in [0, 0.1) is 6.92 Å². The Morgan fingerprint density at radius 2 is 1.83 bits per heavy atom. The fourth-order valence-electron chi connectivity index (χ4n) is 3.15. The molecule has 2 aromatic heterocycles. The summed E-state index contributed by atoms with van der Waals surface area (Å²) in [5.41, 5.74) is 6.41. The summed E-state index contributed by atoms with van der Waals surface area (Å²) >= 11 is 0. The molecule has 0 aliphatic rings. The number of rotatable bonds is 2. The number of aryl methyl sites for hydroxylation is 1. The highest BCUT2D eigenvalue weighted by Crippen LogP contribution is 2.37. The molecule has 0 amide bonds. The predicted molar refractivity (Wildman–Crippen MR) is 95.8 cm³/mol. The van der Waals surface area contributed by atoms with Crippen LogP contribution in [0.5, 0.6) is 0 Å². The number of hydrogen-bond acceptors (Lipinski definition) is 2. The Kier molecular flexibility index (Phi) is 3.19. The van der Waals surface area contributed by atoms with Crippen molar-refractivity contribution in [2.45, 2.75) is 26.7 Å². The number of hydrogen-bond donors (Lipinski definition) is 0. The van der Waals surface area contributed by atoms with Crippen LogP contribution in [0.4, 0.5) is 0 Å². The molecule has 0 aliphatic heterocycles. The number of benzene rings is 2. The first-order valence-corrected chi connectivity index (χ1v) is 8.02. The minimum atomic E-state index is 0.480. The van der Waals surface area contributed by atoms with Crippen molar-refractivity contribution in [3.63, 3.8) is 0 Å². The predicted octanol–water partition coefficient (Wildman–Crippen LogP) is 6.08. The number of pyridine rings is 1. The van der Waals surface area contributed by atoms with Gasteiger partial charge in [-0.2, -0.15) is 0 Å². The van der Waals surface area contributed by atoms with Gasteiger partial charge < -0.3 is 4.42 Å². The minimum absolute atomic E-state index is 0.480. The zero-order chi connectivity index (χ0) is 16.0. The quantitative estimate of drug-likeness (QED) is 0.448. The lowest BCUT2D eigenvalue weighted by Crippen LogP contribution is -1.91. The Hall–Kier alpha value is -2.61. The van der Waals surface area contributed by atoms with Gasteiger partial charge in [0.1, 0.15) is 11.2 Å². The molecule has 114 valence electrons. The molecule has 0 unspecified atom stereocenters. The maximum atomic E-state index is 6.18. The molecule has 0 saturated heterocycles. The third kappa shape index (κ3) is 2.22. The molecular weight excluding hydrogens is 282 g/mol. The summed E-state index contributed by atoms with van der Waals surface area (Å²) in [5.74, 6) is 0.480. The first-order valence-electron chi connectivity index (χ1n) is 8.02. The van der Waals surface area contributed by atoms with E-state index in [1.807, 2.05) is 18.3 Å². The molecule has 2 heterocycles. The van der Waals surface area contributed by atoms with Gasteiger partial charge in [-0.25, -0.2) is 0 Å². The van der Waals surface area contributed by atoms with Crippen LogP contribution in [-0.2, 0) is 0 Å². The van der Waals surface area contributed by atoms with Crippen LogP contribution in [0.25, 0.3) is 33.2 Å². The normalized spacial score (nSPS) is 11.7. The molecule has 0 atom stereocenters. The van der Waals surface area contributed by atoms with Crippen LogP contribution in [0.3, 0.4) is 0 Å². The van der Waals surface area contributed by atoms with Gasteiger partial charge in [0, 0.05) is 22.5 Å². The Balaban J connectivity index is 2.05. The van der Waals surface area contributed by atoms with E-state index in [2.05, 4.69) is 62.2 Å². The van der Waals surface area contributed by atoms with Crippen molar-refractivity contribution in [1.82, 2.24) is 4.98 Å². The maximum Gasteiger partial charge on any atom is 0.145 e. The average molecular weight is 301 g/mol. The first-order chi connectivity index (χ1) is 11.1. The Labute approximate surface area is 135 Å². The lowest BCUT2D eigenvalue weighted by Gasteiger charge is -2.08. The van der Waals surface area contributed by atoms with E-state index in [1.54, 1.807) is 0 Å². The summed E-state index contributed by atoms with van der Waals surface area (Å²) in [7, 11) is 0. The van der Waals surface area contributed by atoms with E-state index in [1.165, 1.54) is 21.9 Å². The Bertz CT molecular complexity index is 1010. The first kappa shape index (κ1) is 14.0. The number of para-hydroxylation sites is 1. The van der Waals surface area contributed by atoms with Gasteiger partial charge in [-0.1, -0.05) is 38.1 Å². The number of aromatic nitrogens is 1. The lowest BCUT2D eigenvalue weighted by atomic mass is 9.99. The molecule has 2 aromatic carbocycles. The van der Waals surface area contributed by atoms with Crippen LogP contribution >= 0.6 is 0 Å². The second kappa shape index (κ2) is 5.24. The van der Waals surface area contributed by atoms with Crippen molar-refractivity contribution in [2.24, 2.45) is 0 Å². The SMILES string of the molecule is Cc1ccc(-c2cc(C(C)C)ccn2)c2oc3ccccc3c12. The van der Waals surface area contributed by atoms with Crippen molar-refractivity contribution in [3.05, 3.63) is 65.9 Å². The summed E-state index contributed by atoms with van der Waals surface area (Å²) in [4.78, 5) is 4.58. The molecule has 0 aliphatic carbocycles. The van der Waals surface area contributed by atoms with E-state index in [0.29, 0.717) is 5.92 Å². The van der Waals surface area contributed by atoms with Gasteiger partial charge in [-0.3, -0.25) is 4.98 Å². The van der Waals surface area contributed by atoms with Gasteiger partial charge in [0.05, 0.1) is 5.69 Å². The average Bonchev–Trinajstić information content (AvgIpc) is 2.95. The highest BCUT2D eigenvalue weighted by molar-refractivity contribution is 6.10. The third-order valence-corrected chi connectivity index (χ3v) is 4.46. The van der Waals surface area contributed by atoms with Crippen LogP contribution in [-0.4, -0.2) is 4.98 Å². The van der Waals surface area contributed by atoms with E-state index in [0.717, 1.165) is 22.4 Å². The Morgan fingerprint density at radius 3 is 2.65 bits per heavy atom. The third-order valence-electron chi connectivity index (χ3n) is 4.46. The molecular formula is C21H19NO. The van der Waals surface area contributed by atoms with Gasteiger partial charge in [-0.05, 0) is 48.2 Å². The van der Waals surface area contributed by atoms with Gasteiger partial charge in [0.25, 0.3) is 0 Å². The fraction of sp³-hybridized carbons (Fsp3) is 0.190. The smallest absolute Gasteiger partial charge is 0.145 e. The molecule has 4 aromatic rings. The second-order valence-electron chi connectivity index (χ2n) is 6.36. The topological polar surface area (TPSA) is 26.0 Å².